The molecule has 6 rings (SSSR count). The summed E-state index contributed by atoms with van der Waals surface area (Å²) in [6, 6.07) is 21.3. The Morgan fingerprint density at radius 2 is 1.76 bits per heavy atom. The van der Waals surface area contributed by atoms with E-state index in [9.17, 15) is 4.79 Å². The highest BCUT2D eigenvalue weighted by Crippen LogP contribution is 2.38. The van der Waals surface area contributed by atoms with Crippen LogP contribution in [0.1, 0.15) is 23.1 Å². The van der Waals surface area contributed by atoms with Gasteiger partial charge in [0.1, 0.15) is 5.82 Å². The van der Waals surface area contributed by atoms with Gasteiger partial charge in [-0.15, -0.1) is 0 Å². The summed E-state index contributed by atoms with van der Waals surface area (Å²) in [5.41, 5.74) is 7.54. The van der Waals surface area contributed by atoms with Crippen LogP contribution in [0.2, 0.25) is 0 Å². The fourth-order valence-electron chi connectivity index (χ4n) is 5.66. The normalized spacial score (nSPS) is 15.7. The minimum atomic E-state index is 0.220. The summed E-state index contributed by atoms with van der Waals surface area (Å²) in [6.07, 6.45) is 4.56. The number of carbonyl (C=O) groups excluding carboxylic acids is 1. The van der Waals surface area contributed by atoms with Crippen LogP contribution in [0, 0.1) is 6.92 Å². The van der Waals surface area contributed by atoms with E-state index < -0.39 is 0 Å². The Hall–Kier alpha value is -3.60. The van der Waals surface area contributed by atoms with Crippen molar-refractivity contribution in [3.63, 3.8) is 0 Å². The van der Waals surface area contributed by atoms with Gasteiger partial charge in [-0.2, -0.15) is 0 Å². The van der Waals surface area contributed by atoms with Gasteiger partial charge in [0, 0.05) is 44.3 Å². The van der Waals surface area contributed by atoms with Crippen LogP contribution in [0.4, 0.5) is 5.82 Å². The summed E-state index contributed by atoms with van der Waals surface area (Å²) in [6.45, 7) is 6.21. The number of nitrogens with zero attached hydrogens (tertiary/aromatic N) is 4. The van der Waals surface area contributed by atoms with Gasteiger partial charge >= 0.3 is 0 Å². The van der Waals surface area contributed by atoms with Gasteiger partial charge in [-0.25, -0.2) is 4.98 Å². The molecular weight excluding hydrogens is 420 g/mol. The Morgan fingerprint density at radius 3 is 2.56 bits per heavy atom. The van der Waals surface area contributed by atoms with Gasteiger partial charge in [-0.1, -0.05) is 48.5 Å². The third-order valence-electron chi connectivity index (χ3n) is 7.33. The second kappa shape index (κ2) is 8.64. The largest absolute Gasteiger partial charge is 0.353 e. The minimum absolute atomic E-state index is 0.220. The second-order valence-corrected chi connectivity index (χ2v) is 9.50. The van der Waals surface area contributed by atoms with E-state index in [0.717, 1.165) is 51.4 Å². The zero-order valence-corrected chi connectivity index (χ0v) is 19.7. The summed E-state index contributed by atoms with van der Waals surface area (Å²) in [4.78, 5) is 22.4. The highest BCUT2D eigenvalue weighted by Gasteiger charge is 2.27. The van der Waals surface area contributed by atoms with Crippen molar-refractivity contribution >= 4 is 22.6 Å². The topological polar surface area (TPSA) is 41.4 Å². The standard InChI is InChI=1S/C29H30N4O/c1-21-12-13-30-26(19-21)31-15-17-32(18-16-31)27(34)20-25-24-11-5-9-23-10-6-14-33(28(23)24)29(25)22-7-3-2-4-8-22/h2-5,7-9,11-13,19H,6,10,14-18,20H2,1H3. The molecule has 1 saturated heterocycles. The van der Waals surface area contributed by atoms with Crippen molar-refractivity contribution in [3.05, 3.63) is 83.6 Å². The number of aromatic nitrogens is 2. The third-order valence-corrected chi connectivity index (χ3v) is 7.33. The molecule has 172 valence electrons. The van der Waals surface area contributed by atoms with Gasteiger partial charge < -0.3 is 14.4 Å². The molecule has 5 nitrogen and oxygen atoms in total. The maximum absolute atomic E-state index is 13.6. The maximum Gasteiger partial charge on any atom is 0.227 e. The number of para-hydroxylation sites is 1. The number of benzene rings is 2. The van der Waals surface area contributed by atoms with Gasteiger partial charge in [0.05, 0.1) is 17.6 Å². The van der Waals surface area contributed by atoms with E-state index >= 15 is 0 Å². The molecular formula is C29H30N4O. The van der Waals surface area contributed by atoms with Crippen LogP contribution in [0.5, 0.6) is 0 Å². The lowest BCUT2D eigenvalue weighted by Gasteiger charge is -2.35. The molecule has 2 aromatic heterocycles. The molecule has 0 N–H and O–H groups in total. The minimum Gasteiger partial charge on any atom is -0.353 e. The van der Waals surface area contributed by atoms with Crippen LogP contribution in [0.3, 0.4) is 0 Å². The van der Waals surface area contributed by atoms with Crippen molar-refractivity contribution in [1.82, 2.24) is 14.5 Å². The lowest BCUT2D eigenvalue weighted by molar-refractivity contribution is -0.130. The summed E-state index contributed by atoms with van der Waals surface area (Å²) in [5, 5.41) is 1.24. The Morgan fingerprint density at radius 1 is 0.941 bits per heavy atom. The molecule has 0 spiro atoms. The predicted molar refractivity (Wildman–Crippen MR) is 137 cm³/mol. The summed E-state index contributed by atoms with van der Waals surface area (Å²) in [7, 11) is 0. The molecule has 2 aliphatic rings. The van der Waals surface area contributed by atoms with Crippen molar-refractivity contribution in [2.24, 2.45) is 0 Å². The van der Waals surface area contributed by atoms with E-state index in [-0.39, 0.29) is 5.91 Å². The first kappa shape index (κ1) is 21.0. The third kappa shape index (κ3) is 3.65. The highest BCUT2D eigenvalue weighted by molar-refractivity contribution is 5.97. The Kier molecular flexibility index (Phi) is 5.33. The molecule has 0 bridgehead atoms. The Balaban J connectivity index is 1.30. The lowest BCUT2D eigenvalue weighted by atomic mass is 10.00. The summed E-state index contributed by atoms with van der Waals surface area (Å²) >= 11 is 0. The van der Waals surface area contributed by atoms with E-state index in [1.54, 1.807) is 0 Å². The van der Waals surface area contributed by atoms with E-state index in [1.165, 1.54) is 38.9 Å². The molecule has 2 aromatic carbocycles. The molecule has 1 fully saturated rings. The molecule has 2 aliphatic heterocycles. The van der Waals surface area contributed by atoms with Crippen molar-refractivity contribution in [2.75, 3.05) is 31.1 Å². The maximum atomic E-state index is 13.6. The van der Waals surface area contributed by atoms with Crippen molar-refractivity contribution in [3.8, 4) is 11.3 Å². The number of aryl methyl sites for hydroxylation is 3. The number of hydrogen-bond donors (Lipinski definition) is 0. The molecule has 0 aliphatic carbocycles. The lowest BCUT2D eigenvalue weighted by Crippen LogP contribution is -2.49. The fraction of sp³-hybridized carbons (Fsp3) is 0.310. The predicted octanol–water partition coefficient (Wildman–Crippen LogP) is 4.85. The fourth-order valence-corrected chi connectivity index (χ4v) is 5.66. The molecule has 34 heavy (non-hydrogen) atoms. The number of pyridine rings is 1. The SMILES string of the molecule is Cc1ccnc(N2CCN(C(=O)Cc3c(-c4ccccc4)n4c5c(cccc35)CCC4)CC2)c1. The monoisotopic (exact) mass is 450 g/mol. The average molecular weight is 451 g/mol. The average Bonchev–Trinajstić information content (AvgIpc) is 3.19. The van der Waals surface area contributed by atoms with Gasteiger partial charge in [-0.05, 0) is 54.2 Å². The van der Waals surface area contributed by atoms with Gasteiger partial charge in [0.15, 0.2) is 0 Å². The molecule has 0 saturated carbocycles. The molecule has 5 heteroatoms. The first-order chi connectivity index (χ1) is 16.7. The highest BCUT2D eigenvalue weighted by atomic mass is 16.2. The van der Waals surface area contributed by atoms with Crippen LogP contribution < -0.4 is 4.90 Å². The smallest absolute Gasteiger partial charge is 0.227 e. The quantitative estimate of drug-likeness (QED) is 0.446. The zero-order chi connectivity index (χ0) is 23.1. The van der Waals surface area contributed by atoms with E-state index in [1.807, 2.05) is 17.2 Å². The zero-order valence-electron chi connectivity index (χ0n) is 19.7. The molecule has 0 radical (unpaired) electrons. The number of anilines is 1. The number of piperazine rings is 1. The van der Waals surface area contributed by atoms with Crippen molar-refractivity contribution in [1.29, 1.82) is 0 Å². The van der Waals surface area contributed by atoms with Crippen molar-refractivity contribution < 1.29 is 4.79 Å². The van der Waals surface area contributed by atoms with Crippen LogP contribution >= 0.6 is 0 Å². The van der Waals surface area contributed by atoms with E-state index in [2.05, 4.69) is 76.0 Å². The first-order valence-corrected chi connectivity index (χ1v) is 12.3. The number of rotatable bonds is 4. The van der Waals surface area contributed by atoms with Gasteiger partial charge in [-0.3, -0.25) is 4.79 Å². The molecule has 0 atom stereocenters. The Labute approximate surface area is 200 Å². The summed E-state index contributed by atoms with van der Waals surface area (Å²) < 4.78 is 2.47. The first-order valence-electron chi connectivity index (χ1n) is 12.3. The van der Waals surface area contributed by atoms with Crippen LogP contribution in [-0.4, -0.2) is 46.5 Å². The molecule has 4 aromatic rings. The molecule has 0 unspecified atom stereocenters. The van der Waals surface area contributed by atoms with Crippen LogP contribution in [0.25, 0.3) is 22.2 Å². The van der Waals surface area contributed by atoms with E-state index in [0.29, 0.717) is 6.42 Å². The number of carbonyl (C=O) groups is 1. The second-order valence-electron chi connectivity index (χ2n) is 9.50. The van der Waals surface area contributed by atoms with Gasteiger partial charge in [0.25, 0.3) is 0 Å². The number of hydrogen-bond acceptors (Lipinski definition) is 3. The molecule has 1 amide bonds. The van der Waals surface area contributed by atoms with Gasteiger partial charge in [0.2, 0.25) is 5.91 Å². The number of amides is 1. The van der Waals surface area contributed by atoms with Crippen molar-refractivity contribution in [2.45, 2.75) is 32.7 Å². The molecule has 4 heterocycles. The summed E-state index contributed by atoms with van der Waals surface area (Å²) in [5.74, 6) is 1.23. The van der Waals surface area contributed by atoms with Crippen LogP contribution in [0.15, 0.2) is 66.9 Å². The van der Waals surface area contributed by atoms with Crippen LogP contribution in [-0.2, 0) is 24.2 Å². The van der Waals surface area contributed by atoms with E-state index in [4.69, 9.17) is 0 Å². The Bertz CT molecular complexity index is 1350.